The van der Waals surface area contributed by atoms with Crippen LogP contribution in [0.5, 0.6) is 0 Å². The van der Waals surface area contributed by atoms with Crippen LogP contribution >= 0.6 is 0 Å². The van der Waals surface area contributed by atoms with Gasteiger partial charge in [-0.1, -0.05) is 406 Å². The molecule has 0 fully saturated rings. The van der Waals surface area contributed by atoms with Crippen LogP contribution in [0.3, 0.4) is 0 Å². The molecular weight excluding hydrogens is 1270 g/mol. The zero-order valence-electron chi connectivity index (χ0n) is 60.2. The fourth-order valence-electron chi connectivity index (χ4n) is 15.2. The second kappa shape index (κ2) is 33.1. The molecular formula is C102H81N3. The van der Waals surface area contributed by atoms with Gasteiger partial charge in [-0.05, 0) is 140 Å². The molecule has 15 aromatic carbocycles. The molecule has 0 saturated heterocycles. The minimum atomic E-state index is 0.162. The van der Waals surface area contributed by atoms with Gasteiger partial charge in [0.1, 0.15) is 18.2 Å². The Balaban J connectivity index is 0.000000140. The zero-order valence-corrected chi connectivity index (χ0v) is 60.2. The van der Waals surface area contributed by atoms with Crippen molar-refractivity contribution in [2.45, 2.75) is 59.3 Å². The van der Waals surface area contributed by atoms with Gasteiger partial charge < -0.3 is 0 Å². The lowest BCUT2D eigenvalue weighted by molar-refractivity contribution is 0.866. The highest BCUT2D eigenvalue weighted by atomic mass is 14.4. The van der Waals surface area contributed by atoms with Crippen molar-refractivity contribution in [2.24, 2.45) is 0 Å². The topological polar surface area (TPSA) is 71.4 Å². The number of hydrogen-bond acceptors (Lipinski definition) is 3. The van der Waals surface area contributed by atoms with Gasteiger partial charge in [-0.25, -0.2) is 0 Å². The first kappa shape index (κ1) is 70.2. The maximum Gasteiger partial charge on any atom is 0.100 e. The van der Waals surface area contributed by atoms with Crippen molar-refractivity contribution in [3.05, 3.63) is 397 Å². The van der Waals surface area contributed by atoms with Gasteiger partial charge in [0.25, 0.3) is 0 Å². The fraction of sp³-hybridized carbons (Fsp3) is 0.0882. The second-order valence-electron chi connectivity index (χ2n) is 27.1. The van der Waals surface area contributed by atoms with E-state index < -0.39 is 0 Å². The van der Waals surface area contributed by atoms with Crippen molar-refractivity contribution >= 4 is 0 Å². The summed E-state index contributed by atoms with van der Waals surface area (Å²) >= 11 is 0. The molecule has 15 aromatic rings. The Morgan fingerprint density at radius 3 is 0.505 bits per heavy atom. The molecule has 0 bridgehead atoms. The lowest BCUT2D eigenvalue weighted by Gasteiger charge is -2.27. The van der Waals surface area contributed by atoms with Crippen molar-refractivity contribution in [2.75, 3.05) is 0 Å². The SMILES string of the molecule is CC(C)c1c(-c2ccccc2)c(-c2ccccc2)c(C#N)c(-c2ccccc2)c1-c1ccccc1.CC(C)c1c(-c2ccccc2)c(C#N)c(-c2ccccc2)c(-c2ccccc2)c1-c1ccccc1.CC(C)c1c(C#N)c(-c2ccccc2)c(-c2ccccc2)c(-c2ccccc2)c1-c1ccccc1. The van der Waals surface area contributed by atoms with E-state index in [1.807, 2.05) is 109 Å². The summed E-state index contributed by atoms with van der Waals surface area (Å²) in [7, 11) is 0. The summed E-state index contributed by atoms with van der Waals surface area (Å²) in [5.74, 6) is 0.604. The number of hydrogen-bond donors (Lipinski definition) is 0. The first-order valence-corrected chi connectivity index (χ1v) is 36.2. The molecule has 0 radical (unpaired) electrons. The van der Waals surface area contributed by atoms with Crippen LogP contribution < -0.4 is 0 Å². The maximum atomic E-state index is 10.7. The van der Waals surface area contributed by atoms with Gasteiger partial charge >= 0.3 is 0 Å². The summed E-state index contributed by atoms with van der Waals surface area (Å²) in [5, 5.41) is 32.1. The number of nitriles is 3. The molecule has 0 aliphatic carbocycles. The largest absolute Gasteiger partial charge is 0.192 e. The lowest BCUT2D eigenvalue weighted by Crippen LogP contribution is -2.05. The number of benzene rings is 15. The third kappa shape index (κ3) is 14.7. The third-order valence-corrected chi connectivity index (χ3v) is 19.4. The van der Waals surface area contributed by atoms with E-state index in [0.717, 1.165) is 139 Å². The first-order chi connectivity index (χ1) is 51.6. The first-order valence-electron chi connectivity index (χ1n) is 36.2. The Morgan fingerprint density at radius 2 is 0.286 bits per heavy atom. The van der Waals surface area contributed by atoms with Gasteiger partial charge in [0, 0.05) is 27.8 Å². The molecule has 15 rings (SSSR count). The molecule has 0 spiro atoms. The predicted molar refractivity (Wildman–Crippen MR) is 441 cm³/mol. The van der Waals surface area contributed by atoms with E-state index in [4.69, 9.17) is 0 Å². The number of nitrogens with zero attached hydrogens (tertiary/aromatic N) is 3. The van der Waals surface area contributed by atoms with E-state index >= 15 is 0 Å². The average Bonchev–Trinajstić information content (AvgIpc) is 0.742. The minimum Gasteiger partial charge on any atom is -0.192 e. The van der Waals surface area contributed by atoms with Gasteiger partial charge in [-0.2, -0.15) is 15.8 Å². The van der Waals surface area contributed by atoms with E-state index in [9.17, 15) is 15.8 Å². The minimum absolute atomic E-state index is 0.162. The standard InChI is InChI=1S/3C34H27N/c1-24(2)30-33(27-19-11-5-12-20-27)31(25-15-7-3-8-16-25)29(23-35)32(26-17-9-4-10-18-26)34(30)28-21-13-6-14-22-28;1-24(2)30-31(25-15-7-3-8-16-25)29(23-35)32(26-17-9-4-10-18-26)34(28-21-13-6-14-22-28)33(30)27-19-11-5-12-20-27;1-24(2)30-29(23-35)31(25-15-7-3-8-16-25)33(27-19-11-5-12-20-27)34(28-21-13-6-14-22-28)32(30)26-17-9-4-10-18-26/h3*3-22,24H,1-2H3. The zero-order chi connectivity index (χ0) is 72.6. The van der Waals surface area contributed by atoms with Crippen LogP contribution in [0.2, 0.25) is 0 Å². The molecule has 105 heavy (non-hydrogen) atoms. The molecule has 504 valence electrons. The van der Waals surface area contributed by atoms with Gasteiger partial charge in [0.2, 0.25) is 0 Å². The Hall–Kier alpha value is -13.2. The van der Waals surface area contributed by atoms with E-state index in [1.165, 1.54) is 22.3 Å². The summed E-state index contributed by atoms with van der Waals surface area (Å²) in [6.45, 7) is 13.3. The Kier molecular flexibility index (Phi) is 22.1. The Bertz CT molecular complexity index is 5340. The molecule has 0 aromatic heterocycles. The van der Waals surface area contributed by atoms with E-state index in [1.54, 1.807) is 0 Å². The lowest BCUT2D eigenvalue weighted by atomic mass is 9.75. The van der Waals surface area contributed by atoms with Crippen molar-refractivity contribution in [1.82, 2.24) is 0 Å². The summed E-state index contributed by atoms with van der Waals surface area (Å²) in [6.07, 6.45) is 0. The molecule has 0 heterocycles. The summed E-state index contributed by atoms with van der Waals surface area (Å²) in [6, 6.07) is 133. The third-order valence-electron chi connectivity index (χ3n) is 19.4. The average molecular weight is 1350 g/mol. The summed E-state index contributed by atoms with van der Waals surface area (Å²) in [4.78, 5) is 0. The van der Waals surface area contributed by atoms with Crippen LogP contribution in [0.15, 0.2) is 364 Å². The quantitative estimate of drug-likeness (QED) is 0.103. The van der Waals surface area contributed by atoms with Crippen LogP contribution in [-0.2, 0) is 0 Å². The van der Waals surface area contributed by atoms with Gasteiger partial charge in [0.15, 0.2) is 0 Å². The smallest absolute Gasteiger partial charge is 0.100 e. The normalized spacial score (nSPS) is 10.8. The van der Waals surface area contributed by atoms with E-state index in [0.29, 0.717) is 5.56 Å². The van der Waals surface area contributed by atoms with Gasteiger partial charge in [-0.15, -0.1) is 0 Å². The van der Waals surface area contributed by atoms with Crippen LogP contribution in [0.1, 0.15) is 92.7 Å². The van der Waals surface area contributed by atoms with Crippen LogP contribution in [0, 0.1) is 34.0 Å². The molecule has 3 heteroatoms. The van der Waals surface area contributed by atoms with Gasteiger partial charge in [0.05, 0.1) is 16.7 Å². The van der Waals surface area contributed by atoms with Crippen molar-refractivity contribution in [1.29, 1.82) is 15.8 Å². The maximum absolute atomic E-state index is 10.7. The Morgan fingerprint density at radius 1 is 0.152 bits per heavy atom. The van der Waals surface area contributed by atoms with Crippen LogP contribution in [-0.4, -0.2) is 0 Å². The predicted octanol–water partition coefficient (Wildman–Crippen LogP) is 28.0. The molecule has 0 aliphatic rings. The highest BCUT2D eigenvalue weighted by Gasteiger charge is 2.32. The highest BCUT2D eigenvalue weighted by molar-refractivity contribution is 6.08. The van der Waals surface area contributed by atoms with E-state index in [2.05, 4.69) is 315 Å². The molecule has 0 amide bonds. The van der Waals surface area contributed by atoms with Crippen LogP contribution in [0.25, 0.3) is 134 Å². The van der Waals surface area contributed by atoms with Crippen LogP contribution in [0.4, 0.5) is 0 Å². The monoisotopic (exact) mass is 1350 g/mol. The summed E-state index contributed by atoms with van der Waals surface area (Å²) < 4.78 is 0. The molecule has 0 saturated carbocycles. The van der Waals surface area contributed by atoms with E-state index in [-0.39, 0.29) is 17.8 Å². The second-order valence-corrected chi connectivity index (χ2v) is 27.1. The molecule has 0 N–H and O–H groups in total. The molecule has 0 atom stereocenters. The Labute approximate surface area is 620 Å². The molecule has 0 aliphatic heterocycles. The fourth-order valence-corrected chi connectivity index (χ4v) is 15.2. The van der Waals surface area contributed by atoms with Crippen molar-refractivity contribution < 1.29 is 0 Å². The highest BCUT2D eigenvalue weighted by Crippen LogP contribution is 2.55. The number of rotatable bonds is 15. The van der Waals surface area contributed by atoms with Gasteiger partial charge in [-0.3, -0.25) is 0 Å². The summed E-state index contributed by atoms with van der Waals surface area (Å²) in [5.41, 5.74) is 32.0. The molecule has 3 nitrogen and oxygen atoms in total. The van der Waals surface area contributed by atoms with Crippen molar-refractivity contribution in [3.63, 3.8) is 0 Å². The molecule has 0 unspecified atom stereocenters. The van der Waals surface area contributed by atoms with Crippen molar-refractivity contribution in [3.8, 4) is 152 Å².